The molecule has 0 saturated carbocycles. The number of rotatable bonds is 2. The van der Waals surface area contributed by atoms with Gasteiger partial charge in [-0.25, -0.2) is 4.21 Å². The van der Waals surface area contributed by atoms with Crippen LogP contribution in [0.2, 0.25) is 6.82 Å². The highest BCUT2D eigenvalue weighted by Crippen LogP contribution is 2.30. The molecule has 1 aliphatic heterocycles. The highest BCUT2D eigenvalue weighted by molar-refractivity contribution is 7.85. The molecular formula is C15H12BF3O2S. The van der Waals surface area contributed by atoms with Crippen LogP contribution in [0.15, 0.2) is 52.3 Å². The zero-order valence-electron chi connectivity index (χ0n) is 11.7. The summed E-state index contributed by atoms with van der Waals surface area (Å²) in [5, 5.41) is 0. The molecule has 114 valence electrons. The summed E-state index contributed by atoms with van der Waals surface area (Å²) in [4.78, 5) is 0.912. The van der Waals surface area contributed by atoms with E-state index in [2.05, 4.69) is 0 Å². The number of fused-ring (bicyclic) bond motifs is 1. The van der Waals surface area contributed by atoms with E-state index in [4.69, 9.17) is 4.65 Å². The molecule has 3 rings (SSSR count). The molecule has 0 N–H and O–H groups in total. The molecule has 7 heteroatoms. The van der Waals surface area contributed by atoms with Crippen molar-refractivity contribution in [2.75, 3.05) is 0 Å². The molecule has 0 fully saturated rings. The molecule has 0 saturated heterocycles. The van der Waals surface area contributed by atoms with Crippen LogP contribution < -0.4 is 5.46 Å². The Morgan fingerprint density at radius 3 is 2.36 bits per heavy atom. The van der Waals surface area contributed by atoms with Gasteiger partial charge in [-0.2, -0.15) is 13.2 Å². The average Bonchev–Trinajstić information content (AvgIpc) is 2.87. The second kappa shape index (κ2) is 5.55. The quantitative estimate of drug-likeness (QED) is 0.793. The maximum Gasteiger partial charge on any atom is 0.416 e. The Labute approximate surface area is 128 Å². The highest BCUT2D eigenvalue weighted by Gasteiger charge is 2.30. The third kappa shape index (κ3) is 2.83. The molecule has 1 aliphatic rings. The van der Waals surface area contributed by atoms with Gasteiger partial charge in [0.15, 0.2) is 0 Å². The van der Waals surface area contributed by atoms with Crippen LogP contribution in [0.5, 0.6) is 0 Å². The minimum Gasteiger partial charge on any atom is -0.427 e. The van der Waals surface area contributed by atoms with Crippen molar-refractivity contribution in [3.8, 4) is 0 Å². The van der Waals surface area contributed by atoms with Gasteiger partial charge in [0.25, 0.3) is 0 Å². The molecule has 2 aromatic carbocycles. The van der Waals surface area contributed by atoms with Crippen LogP contribution >= 0.6 is 0 Å². The molecule has 2 nitrogen and oxygen atoms in total. The minimum atomic E-state index is -4.39. The van der Waals surface area contributed by atoms with E-state index in [1.54, 1.807) is 12.1 Å². The van der Waals surface area contributed by atoms with E-state index in [-0.39, 0.29) is 6.92 Å². The summed E-state index contributed by atoms with van der Waals surface area (Å²) in [6.07, 6.45) is -4.39. The molecule has 0 spiro atoms. The van der Waals surface area contributed by atoms with Crippen molar-refractivity contribution < 1.29 is 22.0 Å². The minimum absolute atomic E-state index is 0.0560. The van der Waals surface area contributed by atoms with E-state index in [0.717, 1.165) is 23.2 Å². The van der Waals surface area contributed by atoms with Crippen LogP contribution in [0.4, 0.5) is 13.2 Å². The van der Waals surface area contributed by atoms with Crippen LogP contribution in [-0.4, -0.2) is 11.1 Å². The summed E-state index contributed by atoms with van der Waals surface area (Å²) in [6, 6.07) is 9.81. The summed E-state index contributed by atoms with van der Waals surface area (Å²) in [6.45, 7) is 2.39. The Morgan fingerprint density at radius 2 is 1.73 bits per heavy atom. The van der Waals surface area contributed by atoms with E-state index in [1.165, 1.54) is 12.1 Å². The molecule has 2 aromatic rings. The van der Waals surface area contributed by atoms with Crippen LogP contribution in [-0.2, 0) is 28.2 Å². The number of hydrogen-bond donors (Lipinski definition) is 0. The van der Waals surface area contributed by atoms with Gasteiger partial charge in [-0.3, -0.25) is 0 Å². The number of halogens is 3. The van der Waals surface area contributed by atoms with E-state index in [0.29, 0.717) is 16.4 Å². The number of hydrogen-bond acceptors (Lipinski definition) is 2. The van der Waals surface area contributed by atoms with Crippen LogP contribution in [0.3, 0.4) is 0 Å². The van der Waals surface area contributed by atoms with Crippen molar-refractivity contribution in [2.24, 2.45) is 0 Å². The summed E-state index contributed by atoms with van der Waals surface area (Å²) >= 11 is 0. The first-order chi connectivity index (χ1) is 10.4. The highest BCUT2D eigenvalue weighted by atomic mass is 32.2. The average molecular weight is 324 g/mol. The normalized spacial score (nSPS) is 15.7. The summed E-state index contributed by atoms with van der Waals surface area (Å²) in [5.74, 6) is 0. The Balaban J connectivity index is 1.90. The molecule has 0 aliphatic carbocycles. The Morgan fingerprint density at radius 1 is 1.09 bits per heavy atom. The molecule has 1 unspecified atom stereocenters. The predicted molar refractivity (Wildman–Crippen MR) is 78.6 cm³/mol. The fourth-order valence-electron chi connectivity index (χ4n) is 2.41. The zero-order chi connectivity index (χ0) is 15.9. The molecular weight excluding hydrogens is 312 g/mol. The molecule has 0 bridgehead atoms. The number of benzene rings is 2. The van der Waals surface area contributed by atoms with E-state index >= 15 is 0 Å². The van der Waals surface area contributed by atoms with Gasteiger partial charge < -0.3 is 4.65 Å². The van der Waals surface area contributed by atoms with Gasteiger partial charge in [0.1, 0.15) is 0 Å². The fourth-order valence-corrected chi connectivity index (χ4v) is 3.49. The van der Waals surface area contributed by atoms with Gasteiger partial charge in [0.05, 0.1) is 23.0 Å². The van der Waals surface area contributed by atoms with Gasteiger partial charge in [-0.1, -0.05) is 12.9 Å². The lowest BCUT2D eigenvalue weighted by atomic mass is 9.64. The summed E-state index contributed by atoms with van der Waals surface area (Å²) in [7, 11) is -1.51. The van der Waals surface area contributed by atoms with E-state index in [1.807, 2.05) is 12.9 Å². The third-order valence-corrected chi connectivity index (χ3v) is 5.04. The van der Waals surface area contributed by atoms with Gasteiger partial charge >= 0.3 is 13.1 Å². The SMILES string of the molecule is CB1OCc2ccc(S(=O)c3ccc(C(F)(F)F)cc3)cc21. The molecule has 1 heterocycles. The maximum atomic E-state index is 12.5. The smallest absolute Gasteiger partial charge is 0.416 e. The lowest BCUT2D eigenvalue weighted by Gasteiger charge is -2.08. The van der Waals surface area contributed by atoms with Crippen molar-refractivity contribution in [3.63, 3.8) is 0 Å². The standard InChI is InChI=1S/C15H12BF3O2S/c1-16-14-8-13(5-2-10(14)9-21-16)22(20)12-6-3-11(4-7-12)15(17,18)19/h2-8H,9H2,1H3. The summed E-state index contributed by atoms with van der Waals surface area (Å²) < 4.78 is 55.6. The van der Waals surface area contributed by atoms with Crippen molar-refractivity contribution in [1.29, 1.82) is 0 Å². The lowest BCUT2D eigenvalue weighted by Crippen LogP contribution is -2.24. The topological polar surface area (TPSA) is 26.3 Å². The zero-order valence-corrected chi connectivity index (χ0v) is 12.5. The largest absolute Gasteiger partial charge is 0.427 e. The van der Waals surface area contributed by atoms with Gasteiger partial charge in [-0.05, 0) is 47.4 Å². The van der Waals surface area contributed by atoms with Crippen LogP contribution in [0.1, 0.15) is 11.1 Å². The molecule has 0 amide bonds. The second-order valence-corrected chi connectivity index (χ2v) is 6.58. The Bertz CT molecular complexity index is 729. The second-order valence-electron chi connectivity index (χ2n) is 5.10. The van der Waals surface area contributed by atoms with E-state index < -0.39 is 22.5 Å². The molecule has 0 radical (unpaired) electrons. The first-order valence-corrected chi connectivity index (χ1v) is 7.85. The third-order valence-electron chi connectivity index (χ3n) is 3.65. The molecule has 0 aromatic heterocycles. The molecule has 1 atom stereocenters. The van der Waals surface area contributed by atoms with Crippen molar-refractivity contribution in [1.82, 2.24) is 0 Å². The lowest BCUT2D eigenvalue weighted by molar-refractivity contribution is -0.137. The Kier molecular flexibility index (Phi) is 3.86. The van der Waals surface area contributed by atoms with Crippen molar-refractivity contribution >= 4 is 23.2 Å². The fraction of sp³-hybridized carbons (Fsp3) is 0.200. The van der Waals surface area contributed by atoms with Gasteiger partial charge in [0.2, 0.25) is 0 Å². The first kappa shape index (κ1) is 15.3. The van der Waals surface area contributed by atoms with Gasteiger partial charge in [-0.15, -0.1) is 0 Å². The summed E-state index contributed by atoms with van der Waals surface area (Å²) in [5.41, 5.74) is 1.29. The van der Waals surface area contributed by atoms with Crippen molar-refractivity contribution in [3.05, 3.63) is 53.6 Å². The Hall–Kier alpha value is -1.60. The first-order valence-electron chi connectivity index (χ1n) is 6.70. The monoisotopic (exact) mass is 324 g/mol. The van der Waals surface area contributed by atoms with Gasteiger partial charge in [0, 0.05) is 9.79 Å². The van der Waals surface area contributed by atoms with E-state index in [9.17, 15) is 17.4 Å². The van der Waals surface area contributed by atoms with Crippen LogP contribution in [0, 0.1) is 0 Å². The number of alkyl halides is 3. The predicted octanol–water partition coefficient (Wildman–Crippen LogP) is 3.23. The molecule has 22 heavy (non-hydrogen) atoms. The van der Waals surface area contributed by atoms with Crippen molar-refractivity contribution in [2.45, 2.75) is 29.4 Å². The maximum absolute atomic E-state index is 12.5. The van der Waals surface area contributed by atoms with Crippen LogP contribution in [0.25, 0.3) is 0 Å².